The molecule has 2 rings (SSSR count). The minimum Gasteiger partial charge on any atom is -0.505 e. The zero-order chi connectivity index (χ0) is 15.4. The smallest absolute Gasteiger partial charge is 0.339 e. The summed E-state index contributed by atoms with van der Waals surface area (Å²) in [6.45, 7) is 0.167. The summed E-state index contributed by atoms with van der Waals surface area (Å²) < 4.78 is 9.69. The van der Waals surface area contributed by atoms with Crippen molar-refractivity contribution in [2.24, 2.45) is 0 Å². The summed E-state index contributed by atoms with van der Waals surface area (Å²) >= 11 is 0. The number of carboxylic acid groups (broad SMARTS) is 1. The number of carbonyl (C=O) groups is 2. The summed E-state index contributed by atoms with van der Waals surface area (Å²) in [5.74, 6) is -2.10. The zero-order valence-electron chi connectivity index (χ0n) is 11.0. The van der Waals surface area contributed by atoms with E-state index >= 15 is 0 Å². The zero-order valence-corrected chi connectivity index (χ0v) is 11.0. The van der Waals surface area contributed by atoms with Crippen LogP contribution in [0.2, 0.25) is 0 Å². The number of para-hydroxylation sites is 1. The van der Waals surface area contributed by atoms with Crippen molar-refractivity contribution in [2.75, 3.05) is 12.4 Å². The average molecular weight is 292 g/mol. The first kappa shape index (κ1) is 14.5. The van der Waals surface area contributed by atoms with Gasteiger partial charge in [0.05, 0.1) is 5.69 Å². The third-order valence-electron chi connectivity index (χ3n) is 2.59. The predicted molar refractivity (Wildman–Crippen MR) is 70.2 cm³/mol. The molecule has 0 unspecified atom stereocenters. The highest BCUT2D eigenvalue weighted by Gasteiger charge is 2.17. The van der Waals surface area contributed by atoms with Crippen molar-refractivity contribution < 1.29 is 29.1 Å². The molecule has 0 aliphatic rings. The fourth-order valence-electron chi connectivity index (χ4n) is 1.63. The monoisotopic (exact) mass is 292 g/mol. The molecule has 0 fully saturated rings. The Balaban J connectivity index is 2.19. The van der Waals surface area contributed by atoms with Crippen LogP contribution < -0.4 is 5.32 Å². The normalized spacial score (nSPS) is 10.3. The maximum Gasteiger partial charge on any atom is 0.339 e. The highest BCUT2D eigenvalue weighted by atomic mass is 16.5. The van der Waals surface area contributed by atoms with Gasteiger partial charge in [-0.25, -0.2) is 4.79 Å². The van der Waals surface area contributed by atoms with E-state index in [4.69, 9.17) is 14.4 Å². The van der Waals surface area contributed by atoms with Crippen molar-refractivity contribution in [1.82, 2.24) is 5.16 Å². The van der Waals surface area contributed by atoms with Gasteiger partial charge < -0.3 is 24.8 Å². The van der Waals surface area contributed by atoms with E-state index in [2.05, 4.69) is 10.5 Å². The van der Waals surface area contributed by atoms with Gasteiger partial charge in [-0.05, 0) is 12.1 Å². The number of aromatic carboxylic acids is 1. The number of aromatic hydroxyl groups is 1. The maximum absolute atomic E-state index is 11.9. The molecule has 8 heteroatoms. The Kier molecular flexibility index (Phi) is 4.19. The molecule has 8 nitrogen and oxygen atoms in total. The van der Waals surface area contributed by atoms with Crippen LogP contribution in [-0.2, 0) is 11.3 Å². The van der Waals surface area contributed by atoms with Gasteiger partial charge in [0.1, 0.15) is 12.2 Å². The third-order valence-corrected chi connectivity index (χ3v) is 2.59. The Hall–Kier alpha value is -2.87. The van der Waals surface area contributed by atoms with Crippen LogP contribution in [0, 0.1) is 0 Å². The minimum absolute atomic E-state index is 0.0119. The number of carboxylic acids is 1. The van der Waals surface area contributed by atoms with Crippen LogP contribution in [0.15, 0.2) is 28.8 Å². The summed E-state index contributed by atoms with van der Waals surface area (Å²) in [5, 5.41) is 24.6. The van der Waals surface area contributed by atoms with Gasteiger partial charge in [0, 0.05) is 13.2 Å². The van der Waals surface area contributed by atoms with Crippen LogP contribution >= 0.6 is 0 Å². The van der Waals surface area contributed by atoms with Gasteiger partial charge in [-0.3, -0.25) is 4.79 Å². The predicted octanol–water partition coefficient (Wildman–Crippen LogP) is 1.48. The van der Waals surface area contributed by atoms with E-state index in [-0.39, 0.29) is 23.6 Å². The highest BCUT2D eigenvalue weighted by Crippen LogP contribution is 2.27. The fourth-order valence-corrected chi connectivity index (χ4v) is 1.63. The second-order valence-electron chi connectivity index (χ2n) is 4.07. The van der Waals surface area contributed by atoms with Gasteiger partial charge in [0.25, 0.3) is 5.91 Å². The lowest BCUT2D eigenvalue weighted by atomic mass is 10.1. The van der Waals surface area contributed by atoms with Crippen molar-refractivity contribution in [3.8, 4) is 5.75 Å². The van der Waals surface area contributed by atoms with E-state index in [0.29, 0.717) is 5.76 Å². The molecular weight excluding hydrogens is 280 g/mol. The first-order valence-electron chi connectivity index (χ1n) is 5.84. The molecular formula is C13H12N2O6. The number of benzene rings is 1. The minimum atomic E-state index is -1.30. The van der Waals surface area contributed by atoms with E-state index < -0.39 is 17.6 Å². The number of hydrogen-bond donors (Lipinski definition) is 3. The fraction of sp³-hybridized carbons (Fsp3) is 0.154. The topological polar surface area (TPSA) is 122 Å². The van der Waals surface area contributed by atoms with Gasteiger partial charge >= 0.3 is 5.97 Å². The second kappa shape index (κ2) is 6.06. The Labute approximate surface area is 118 Å². The van der Waals surface area contributed by atoms with Crippen molar-refractivity contribution in [2.45, 2.75) is 6.61 Å². The molecule has 0 atom stereocenters. The quantitative estimate of drug-likeness (QED) is 0.713. The standard InChI is InChI=1S/C13H12N2O6/c1-20-6-7-5-10(15-21-7)12(17)14-9-4-2-3-8(11(9)16)13(18)19/h2-5,16H,6H2,1H3,(H,14,17)(H,18,19). The summed E-state index contributed by atoms with van der Waals surface area (Å²) in [4.78, 5) is 22.8. The average Bonchev–Trinajstić information content (AvgIpc) is 2.90. The number of carbonyl (C=O) groups excluding carboxylic acids is 1. The molecule has 2 aromatic rings. The molecule has 0 aliphatic heterocycles. The SMILES string of the molecule is COCc1cc(C(=O)Nc2cccc(C(=O)O)c2O)no1. The Morgan fingerprint density at radius 1 is 1.43 bits per heavy atom. The number of ether oxygens (including phenoxy) is 1. The van der Waals surface area contributed by atoms with E-state index in [1.165, 1.54) is 31.4 Å². The molecule has 3 N–H and O–H groups in total. The summed E-state index contributed by atoms with van der Waals surface area (Å²) in [6.07, 6.45) is 0. The first-order chi connectivity index (χ1) is 10.0. The molecule has 0 aliphatic carbocycles. The molecule has 0 spiro atoms. The van der Waals surface area contributed by atoms with Gasteiger partial charge in [0.2, 0.25) is 0 Å². The number of methoxy groups -OCH3 is 1. The second-order valence-corrected chi connectivity index (χ2v) is 4.07. The molecule has 1 amide bonds. The van der Waals surface area contributed by atoms with E-state index in [1.54, 1.807) is 0 Å². The number of aromatic nitrogens is 1. The lowest BCUT2D eigenvalue weighted by Gasteiger charge is -2.07. The van der Waals surface area contributed by atoms with Gasteiger partial charge in [-0.1, -0.05) is 11.2 Å². The van der Waals surface area contributed by atoms with Crippen LogP contribution in [0.3, 0.4) is 0 Å². The number of anilines is 1. The number of amides is 1. The molecule has 1 heterocycles. The summed E-state index contributed by atoms with van der Waals surface area (Å²) in [7, 11) is 1.47. The molecule has 21 heavy (non-hydrogen) atoms. The third kappa shape index (κ3) is 3.18. The number of phenols is 1. The molecule has 1 aromatic carbocycles. The van der Waals surface area contributed by atoms with Gasteiger partial charge in [0.15, 0.2) is 17.2 Å². The van der Waals surface area contributed by atoms with Crippen LogP contribution in [0.4, 0.5) is 5.69 Å². The highest BCUT2D eigenvalue weighted by molar-refractivity contribution is 6.05. The Bertz CT molecular complexity index is 679. The molecule has 0 saturated carbocycles. The molecule has 110 valence electrons. The Morgan fingerprint density at radius 3 is 2.86 bits per heavy atom. The summed E-state index contributed by atoms with van der Waals surface area (Å²) in [6, 6.07) is 5.38. The van der Waals surface area contributed by atoms with Gasteiger partial charge in [-0.15, -0.1) is 0 Å². The largest absolute Gasteiger partial charge is 0.505 e. The molecule has 0 bridgehead atoms. The van der Waals surface area contributed by atoms with Crippen LogP contribution in [0.1, 0.15) is 26.6 Å². The number of rotatable bonds is 5. The molecule has 1 aromatic heterocycles. The first-order valence-corrected chi connectivity index (χ1v) is 5.84. The van der Waals surface area contributed by atoms with Gasteiger partial charge in [-0.2, -0.15) is 0 Å². The number of nitrogens with one attached hydrogen (secondary N) is 1. The van der Waals surface area contributed by atoms with Crippen LogP contribution in [0.25, 0.3) is 0 Å². The summed E-state index contributed by atoms with van der Waals surface area (Å²) in [5.41, 5.74) is -0.355. The lowest BCUT2D eigenvalue weighted by Crippen LogP contribution is -2.13. The number of hydrogen-bond acceptors (Lipinski definition) is 6. The van der Waals surface area contributed by atoms with E-state index in [0.717, 1.165) is 0 Å². The van der Waals surface area contributed by atoms with Crippen molar-refractivity contribution >= 4 is 17.6 Å². The van der Waals surface area contributed by atoms with Crippen molar-refractivity contribution in [1.29, 1.82) is 0 Å². The van der Waals surface area contributed by atoms with Crippen molar-refractivity contribution in [3.05, 3.63) is 41.3 Å². The Morgan fingerprint density at radius 2 is 2.19 bits per heavy atom. The van der Waals surface area contributed by atoms with Crippen molar-refractivity contribution in [3.63, 3.8) is 0 Å². The maximum atomic E-state index is 11.9. The number of nitrogens with zero attached hydrogens (tertiary/aromatic N) is 1. The van der Waals surface area contributed by atoms with E-state index in [9.17, 15) is 14.7 Å². The van der Waals surface area contributed by atoms with Crippen LogP contribution in [-0.4, -0.2) is 34.4 Å². The van der Waals surface area contributed by atoms with E-state index in [1.807, 2.05) is 0 Å². The lowest BCUT2D eigenvalue weighted by molar-refractivity contribution is 0.0693. The molecule has 0 radical (unpaired) electrons. The molecule has 0 saturated heterocycles. The van der Waals surface area contributed by atoms with Crippen LogP contribution in [0.5, 0.6) is 5.75 Å².